The molecule has 0 radical (unpaired) electrons. The molecular weight excluding hydrogens is 333 g/mol. The number of halogens is 1. The smallest absolute Gasteiger partial charge is 0.178 e. The molecule has 1 atom stereocenters. The van der Waals surface area contributed by atoms with E-state index in [1.54, 1.807) is 12.1 Å². The van der Waals surface area contributed by atoms with Gasteiger partial charge in [-0.15, -0.1) is 0 Å². The van der Waals surface area contributed by atoms with Crippen molar-refractivity contribution in [3.8, 4) is 6.07 Å². The van der Waals surface area contributed by atoms with Gasteiger partial charge in [0, 0.05) is 28.9 Å². The van der Waals surface area contributed by atoms with Gasteiger partial charge in [0.15, 0.2) is 5.60 Å². The van der Waals surface area contributed by atoms with Crippen molar-refractivity contribution in [3.63, 3.8) is 0 Å². The maximum absolute atomic E-state index is 14.8. The third kappa shape index (κ3) is 2.42. The van der Waals surface area contributed by atoms with E-state index in [1.807, 2.05) is 24.3 Å². The molecule has 0 bridgehead atoms. The molecule has 0 aliphatic heterocycles. The first-order chi connectivity index (χ1) is 12.6. The molecule has 5 nitrogen and oxygen atoms in total. The molecule has 0 saturated carbocycles. The van der Waals surface area contributed by atoms with E-state index >= 15 is 0 Å². The fourth-order valence-corrected chi connectivity index (χ4v) is 2.95. The monoisotopic (exact) mass is 345 g/mol. The van der Waals surface area contributed by atoms with Crippen molar-refractivity contribution in [1.82, 2.24) is 9.97 Å². The highest BCUT2D eigenvalue weighted by Crippen LogP contribution is 2.40. The van der Waals surface area contributed by atoms with E-state index in [2.05, 4.69) is 9.97 Å². The third-order valence-electron chi connectivity index (χ3n) is 4.25. The highest BCUT2D eigenvalue weighted by Gasteiger charge is 2.40. The molecule has 1 unspecified atom stereocenters. The first-order valence-corrected chi connectivity index (χ1v) is 7.80. The molecule has 26 heavy (non-hydrogen) atoms. The zero-order chi connectivity index (χ0) is 18.1. The van der Waals surface area contributed by atoms with Crippen molar-refractivity contribution in [2.45, 2.75) is 5.60 Å². The molecule has 4 aromatic rings. The molecule has 2 aromatic heterocycles. The number of aromatic nitrogens is 2. The lowest BCUT2D eigenvalue weighted by atomic mass is 9.84. The minimum absolute atomic E-state index is 0.0506. The Morgan fingerprint density at radius 3 is 2.54 bits per heavy atom. The predicted molar refractivity (Wildman–Crippen MR) is 91.5 cm³/mol. The molecular formula is C20H12FN3O2. The van der Waals surface area contributed by atoms with Gasteiger partial charge in [-0.1, -0.05) is 24.3 Å². The summed E-state index contributed by atoms with van der Waals surface area (Å²) >= 11 is 0. The molecule has 1 N–H and O–H groups in total. The van der Waals surface area contributed by atoms with Gasteiger partial charge in [-0.25, -0.2) is 14.4 Å². The largest absolute Gasteiger partial charge is 0.457 e. The summed E-state index contributed by atoms with van der Waals surface area (Å²) in [5.41, 5.74) is -1.03. The van der Waals surface area contributed by atoms with Gasteiger partial charge in [0.25, 0.3) is 0 Å². The summed E-state index contributed by atoms with van der Waals surface area (Å²) in [6.45, 7) is 0. The predicted octanol–water partition coefficient (Wildman–Crippen LogP) is 3.52. The maximum atomic E-state index is 14.8. The minimum atomic E-state index is -1.95. The van der Waals surface area contributed by atoms with E-state index in [0.29, 0.717) is 5.58 Å². The maximum Gasteiger partial charge on any atom is 0.178 e. The number of hydrogen-bond donors (Lipinski definition) is 1. The summed E-state index contributed by atoms with van der Waals surface area (Å²) in [5.74, 6) is -0.590. The highest BCUT2D eigenvalue weighted by molar-refractivity contribution is 5.78. The van der Waals surface area contributed by atoms with Gasteiger partial charge in [0.2, 0.25) is 0 Å². The van der Waals surface area contributed by atoms with Crippen LogP contribution in [-0.4, -0.2) is 15.1 Å². The highest BCUT2D eigenvalue weighted by atomic mass is 19.1. The molecule has 0 fully saturated rings. The van der Waals surface area contributed by atoms with Crippen LogP contribution in [0.4, 0.5) is 4.39 Å². The number of fused-ring (bicyclic) bond motifs is 1. The van der Waals surface area contributed by atoms with E-state index in [4.69, 9.17) is 9.68 Å². The number of para-hydroxylation sites is 1. The third-order valence-corrected chi connectivity index (χ3v) is 4.25. The van der Waals surface area contributed by atoms with Gasteiger partial charge in [-0.3, -0.25) is 0 Å². The number of furan rings is 1. The van der Waals surface area contributed by atoms with Crippen LogP contribution in [0.15, 0.2) is 71.7 Å². The molecule has 4 rings (SSSR count). The van der Waals surface area contributed by atoms with Crippen LogP contribution in [0, 0.1) is 17.1 Å². The van der Waals surface area contributed by atoms with Crippen molar-refractivity contribution in [2.24, 2.45) is 0 Å². The second-order valence-electron chi connectivity index (χ2n) is 5.79. The molecule has 0 aliphatic rings. The van der Waals surface area contributed by atoms with Crippen molar-refractivity contribution < 1.29 is 13.9 Å². The summed E-state index contributed by atoms with van der Waals surface area (Å²) in [4.78, 5) is 7.86. The van der Waals surface area contributed by atoms with Gasteiger partial charge < -0.3 is 9.52 Å². The van der Waals surface area contributed by atoms with Crippen LogP contribution in [-0.2, 0) is 5.60 Å². The van der Waals surface area contributed by atoms with E-state index in [0.717, 1.165) is 11.5 Å². The van der Waals surface area contributed by atoms with Crippen LogP contribution in [0.1, 0.15) is 22.5 Å². The van der Waals surface area contributed by atoms with Gasteiger partial charge in [-0.2, -0.15) is 5.26 Å². The van der Waals surface area contributed by atoms with Crippen molar-refractivity contribution in [2.75, 3.05) is 0 Å². The summed E-state index contributed by atoms with van der Waals surface area (Å²) < 4.78 is 20.6. The summed E-state index contributed by atoms with van der Waals surface area (Å²) in [7, 11) is 0. The Morgan fingerprint density at radius 2 is 1.85 bits per heavy atom. The Bertz CT molecular complexity index is 1100. The van der Waals surface area contributed by atoms with Gasteiger partial charge in [0.05, 0.1) is 11.6 Å². The Hall–Kier alpha value is -3.56. The van der Waals surface area contributed by atoms with Crippen molar-refractivity contribution >= 4 is 11.0 Å². The summed E-state index contributed by atoms with van der Waals surface area (Å²) in [5, 5.41) is 21.3. The average molecular weight is 345 g/mol. The summed E-state index contributed by atoms with van der Waals surface area (Å²) in [6.07, 6.45) is 4.12. The number of rotatable bonds is 3. The van der Waals surface area contributed by atoms with Crippen molar-refractivity contribution in [1.29, 1.82) is 5.26 Å². The van der Waals surface area contributed by atoms with Gasteiger partial charge >= 0.3 is 0 Å². The Morgan fingerprint density at radius 1 is 1.08 bits per heavy atom. The number of aliphatic hydroxyl groups is 1. The number of nitriles is 1. The van der Waals surface area contributed by atoms with E-state index < -0.39 is 11.4 Å². The molecule has 126 valence electrons. The van der Waals surface area contributed by atoms with Crippen LogP contribution < -0.4 is 0 Å². The lowest BCUT2D eigenvalue weighted by molar-refractivity contribution is 0.0962. The first kappa shape index (κ1) is 15.9. The van der Waals surface area contributed by atoms with Crippen LogP contribution in [0.5, 0.6) is 0 Å². The average Bonchev–Trinajstić information content (AvgIpc) is 3.12. The van der Waals surface area contributed by atoms with Crippen LogP contribution in [0.25, 0.3) is 11.0 Å². The standard InChI is InChI=1S/C20H12FN3O2/c21-17-7-13(9-22)5-6-16(17)20(25,15-10-23-12-24-11-15)19-8-14-3-1-2-4-18(14)26-19/h1-8,10-12,25H. The quantitative estimate of drug-likeness (QED) is 0.614. The fourth-order valence-electron chi connectivity index (χ4n) is 2.95. The molecule has 0 amide bonds. The second-order valence-corrected chi connectivity index (χ2v) is 5.79. The normalized spacial score (nSPS) is 13.3. The first-order valence-electron chi connectivity index (χ1n) is 7.80. The van der Waals surface area contributed by atoms with Crippen LogP contribution in [0.3, 0.4) is 0 Å². The minimum Gasteiger partial charge on any atom is -0.457 e. The molecule has 0 spiro atoms. The molecule has 2 aromatic carbocycles. The molecule has 0 saturated heterocycles. The number of hydrogen-bond acceptors (Lipinski definition) is 5. The zero-order valence-corrected chi connectivity index (χ0v) is 13.4. The molecule has 6 heteroatoms. The topological polar surface area (TPSA) is 82.9 Å². The summed E-state index contributed by atoms with van der Waals surface area (Å²) in [6, 6.07) is 14.7. The van der Waals surface area contributed by atoms with E-state index in [-0.39, 0.29) is 22.5 Å². The zero-order valence-electron chi connectivity index (χ0n) is 13.4. The fraction of sp³-hybridized carbons (Fsp3) is 0.0500. The lowest BCUT2D eigenvalue weighted by Crippen LogP contribution is -2.30. The Labute approximate surface area is 148 Å². The van der Waals surface area contributed by atoms with Crippen LogP contribution in [0.2, 0.25) is 0 Å². The van der Waals surface area contributed by atoms with Crippen LogP contribution >= 0.6 is 0 Å². The lowest BCUT2D eigenvalue weighted by Gasteiger charge is -2.26. The number of benzene rings is 2. The second kappa shape index (κ2) is 6.06. The van der Waals surface area contributed by atoms with Gasteiger partial charge in [0.1, 0.15) is 23.5 Å². The van der Waals surface area contributed by atoms with Crippen molar-refractivity contribution in [3.05, 3.63) is 95.5 Å². The molecule has 0 aliphatic carbocycles. The van der Waals surface area contributed by atoms with Gasteiger partial charge in [-0.05, 0) is 24.3 Å². The van der Waals surface area contributed by atoms with E-state index in [9.17, 15) is 9.50 Å². The number of nitrogens with zero attached hydrogens (tertiary/aromatic N) is 3. The SMILES string of the molecule is N#Cc1ccc(C(O)(c2cncnc2)c2cc3ccccc3o2)c(F)c1. The Kier molecular flexibility index (Phi) is 3.72. The van der Waals surface area contributed by atoms with E-state index in [1.165, 1.54) is 30.9 Å². The Balaban J connectivity index is 2.01. The molecule has 2 heterocycles.